The van der Waals surface area contributed by atoms with Crippen LogP contribution in [0.1, 0.15) is 22.5 Å². The molecule has 0 aliphatic carbocycles. The van der Waals surface area contributed by atoms with Crippen molar-refractivity contribution in [3.63, 3.8) is 0 Å². The van der Waals surface area contributed by atoms with E-state index in [-0.39, 0.29) is 10.9 Å². The summed E-state index contributed by atoms with van der Waals surface area (Å²) < 4.78 is 34.0. The molecule has 1 heterocycles. The smallest absolute Gasteiger partial charge is 0.254 e. The van der Waals surface area contributed by atoms with Gasteiger partial charge in [0.25, 0.3) is 5.16 Å². The molecular formula is C25H26N4O3S. The quantitative estimate of drug-likeness (QED) is 0.408. The van der Waals surface area contributed by atoms with E-state index in [1.165, 1.54) is 0 Å². The van der Waals surface area contributed by atoms with Gasteiger partial charge < -0.3 is 10.5 Å². The Labute approximate surface area is 193 Å². The van der Waals surface area contributed by atoms with Gasteiger partial charge in [0.2, 0.25) is 9.84 Å². The number of nitrogens with two attached hydrogens (primary N) is 1. The maximum Gasteiger partial charge on any atom is 0.254 e. The van der Waals surface area contributed by atoms with Gasteiger partial charge >= 0.3 is 0 Å². The number of hydrogen-bond donors (Lipinski definition) is 1. The standard InChI is InChI=1S/C25H26N4O3S/c1-19-6-5-9-21(16-19)18-33(30,31)25-28-27-24(14-15-26)29(25)22-10-12-23(13-11-22)32-17-20-7-3-2-4-8-20/h2-13,16H,14-15,17-18,26H2,1H3. The van der Waals surface area contributed by atoms with Crippen LogP contribution >= 0.6 is 0 Å². The predicted octanol–water partition coefficient (Wildman–Crippen LogP) is 3.63. The molecule has 33 heavy (non-hydrogen) atoms. The fraction of sp³-hybridized carbons (Fsp3) is 0.200. The summed E-state index contributed by atoms with van der Waals surface area (Å²) in [6, 6.07) is 24.5. The van der Waals surface area contributed by atoms with Crippen LogP contribution in [-0.4, -0.2) is 29.7 Å². The zero-order valence-corrected chi connectivity index (χ0v) is 19.2. The molecule has 0 aliphatic rings. The van der Waals surface area contributed by atoms with E-state index in [2.05, 4.69) is 10.2 Å². The van der Waals surface area contributed by atoms with Crippen molar-refractivity contribution in [2.45, 2.75) is 30.9 Å². The molecule has 0 aliphatic heterocycles. The third-order valence-electron chi connectivity index (χ3n) is 5.13. The summed E-state index contributed by atoms with van der Waals surface area (Å²) in [7, 11) is -3.75. The molecule has 0 atom stereocenters. The van der Waals surface area contributed by atoms with Gasteiger partial charge in [-0.15, -0.1) is 10.2 Å². The van der Waals surface area contributed by atoms with Crippen molar-refractivity contribution >= 4 is 9.84 Å². The highest BCUT2D eigenvalue weighted by atomic mass is 32.2. The monoisotopic (exact) mass is 462 g/mol. The Morgan fingerprint density at radius 2 is 1.64 bits per heavy atom. The number of nitrogens with zero attached hydrogens (tertiary/aromatic N) is 3. The molecule has 2 N–H and O–H groups in total. The van der Waals surface area contributed by atoms with Crippen molar-refractivity contribution in [1.29, 1.82) is 0 Å². The van der Waals surface area contributed by atoms with Gasteiger partial charge in [0.05, 0.1) is 5.75 Å². The van der Waals surface area contributed by atoms with Crippen molar-refractivity contribution in [3.8, 4) is 11.4 Å². The van der Waals surface area contributed by atoms with Crippen LogP contribution in [-0.2, 0) is 28.6 Å². The zero-order valence-electron chi connectivity index (χ0n) is 18.4. The number of aryl methyl sites for hydroxylation is 1. The second-order valence-corrected chi connectivity index (χ2v) is 9.67. The Morgan fingerprint density at radius 1 is 0.909 bits per heavy atom. The summed E-state index contributed by atoms with van der Waals surface area (Å²) in [5, 5.41) is 8.07. The third kappa shape index (κ3) is 5.47. The van der Waals surface area contributed by atoms with E-state index in [0.717, 1.165) is 11.1 Å². The molecule has 0 saturated heterocycles. The third-order valence-corrected chi connectivity index (χ3v) is 6.66. The Balaban J connectivity index is 1.62. The molecule has 4 aromatic rings. The zero-order chi connectivity index (χ0) is 23.3. The molecule has 1 aromatic heterocycles. The predicted molar refractivity (Wildman–Crippen MR) is 127 cm³/mol. The minimum absolute atomic E-state index is 0.0922. The fourth-order valence-electron chi connectivity index (χ4n) is 3.57. The molecule has 4 rings (SSSR count). The van der Waals surface area contributed by atoms with Crippen LogP contribution in [0, 0.1) is 6.92 Å². The highest BCUT2D eigenvalue weighted by Crippen LogP contribution is 2.23. The highest BCUT2D eigenvalue weighted by molar-refractivity contribution is 7.90. The first kappa shape index (κ1) is 22.7. The summed E-state index contributed by atoms with van der Waals surface area (Å²) in [6.45, 7) is 2.70. The number of rotatable bonds is 9. The average molecular weight is 463 g/mol. The average Bonchev–Trinajstić information content (AvgIpc) is 3.23. The number of hydrogen-bond acceptors (Lipinski definition) is 6. The molecule has 7 nitrogen and oxygen atoms in total. The molecule has 0 fully saturated rings. The van der Waals surface area contributed by atoms with E-state index in [4.69, 9.17) is 10.5 Å². The van der Waals surface area contributed by atoms with Crippen molar-refractivity contribution in [1.82, 2.24) is 14.8 Å². The second kappa shape index (κ2) is 9.97. The van der Waals surface area contributed by atoms with Gasteiger partial charge in [-0.2, -0.15) is 0 Å². The van der Waals surface area contributed by atoms with Gasteiger partial charge in [-0.25, -0.2) is 8.42 Å². The first-order chi connectivity index (χ1) is 16.0. The summed E-state index contributed by atoms with van der Waals surface area (Å²) in [5.74, 6) is 1.02. The van der Waals surface area contributed by atoms with Crippen molar-refractivity contribution in [3.05, 3.63) is 101 Å². The second-order valence-electron chi connectivity index (χ2n) is 7.79. The molecule has 0 spiro atoms. The fourth-order valence-corrected chi connectivity index (χ4v) is 4.97. The molecule has 0 amide bonds. The van der Waals surface area contributed by atoms with Crippen LogP contribution in [0.2, 0.25) is 0 Å². The first-order valence-corrected chi connectivity index (χ1v) is 12.3. The van der Waals surface area contributed by atoms with Crippen LogP contribution in [0.25, 0.3) is 5.69 Å². The van der Waals surface area contributed by atoms with Gasteiger partial charge in [0, 0.05) is 12.1 Å². The molecule has 0 saturated carbocycles. The topological polar surface area (TPSA) is 100 Å². The first-order valence-electron chi connectivity index (χ1n) is 10.7. The van der Waals surface area contributed by atoms with E-state index in [9.17, 15) is 8.42 Å². The molecule has 0 bridgehead atoms. The van der Waals surface area contributed by atoms with E-state index >= 15 is 0 Å². The minimum atomic E-state index is -3.75. The lowest BCUT2D eigenvalue weighted by Gasteiger charge is -2.12. The van der Waals surface area contributed by atoms with E-state index in [0.29, 0.717) is 42.4 Å². The lowest BCUT2D eigenvalue weighted by Crippen LogP contribution is -2.15. The van der Waals surface area contributed by atoms with Crippen LogP contribution in [0.5, 0.6) is 5.75 Å². The van der Waals surface area contributed by atoms with Gasteiger partial charge in [-0.3, -0.25) is 4.57 Å². The SMILES string of the molecule is Cc1cccc(CS(=O)(=O)c2nnc(CCN)n2-c2ccc(OCc3ccccc3)cc2)c1. The Kier molecular flexibility index (Phi) is 6.86. The number of benzene rings is 3. The molecule has 0 unspecified atom stereocenters. The van der Waals surface area contributed by atoms with Crippen molar-refractivity contribution < 1.29 is 13.2 Å². The maximum atomic E-state index is 13.3. The summed E-state index contributed by atoms with van der Waals surface area (Å²) in [5.41, 5.74) is 9.14. The molecule has 3 aromatic carbocycles. The lowest BCUT2D eigenvalue weighted by molar-refractivity contribution is 0.306. The number of aromatic nitrogens is 3. The Bertz CT molecular complexity index is 1320. The van der Waals surface area contributed by atoms with Gasteiger partial charge in [-0.1, -0.05) is 60.2 Å². The molecule has 8 heteroatoms. The Hall–Kier alpha value is -3.49. The highest BCUT2D eigenvalue weighted by Gasteiger charge is 2.26. The normalized spacial score (nSPS) is 11.5. The number of sulfone groups is 1. The van der Waals surface area contributed by atoms with Gasteiger partial charge in [0.1, 0.15) is 18.2 Å². The van der Waals surface area contributed by atoms with E-state index in [1.54, 1.807) is 34.9 Å². The molecule has 0 radical (unpaired) electrons. The number of ether oxygens (including phenoxy) is 1. The van der Waals surface area contributed by atoms with E-state index < -0.39 is 9.84 Å². The Morgan fingerprint density at radius 3 is 2.33 bits per heavy atom. The van der Waals surface area contributed by atoms with Crippen LogP contribution < -0.4 is 10.5 Å². The van der Waals surface area contributed by atoms with Crippen LogP contribution in [0.15, 0.2) is 84.0 Å². The van der Waals surface area contributed by atoms with Crippen LogP contribution in [0.3, 0.4) is 0 Å². The van der Waals surface area contributed by atoms with E-state index in [1.807, 2.05) is 55.5 Å². The van der Waals surface area contributed by atoms with Gasteiger partial charge in [0.15, 0.2) is 0 Å². The molecule has 170 valence electrons. The summed E-state index contributed by atoms with van der Waals surface area (Å²) in [4.78, 5) is 0. The minimum Gasteiger partial charge on any atom is -0.489 e. The summed E-state index contributed by atoms with van der Waals surface area (Å²) in [6.07, 6.45) is 0.402. The molecular weight excluding hydrogens is 436 g/mol. The maximum absolute atomic E-state index is 13.3. The largest absolute Gasteiger partial charge is 0.489 e. The van der Waals surface area contributed by atoms with Crippen molar-refractivity contribution in [2.24, 2.45) is 5.73 Å². The van der Waals surface area contributed by atoms with Gasteiger partial charge in [-0.05, 0) is 48.9 Å². The van der Waals surface area contributed by atoms with Crippen molar-refractivity contribution in [2.75, 3.05) is 6.54 Å². The lowest BCUT2D eigenvalue weighted by atomic mass is 10.2. The summed E-state index contributed by atoms with van der Waals surface area (Å²) >= 11 is 0. The van der Waals surface area contributed by atoms with Crippen LogP contribution in [0.4, 0.5) is 0 Å².